The number of halogens is 2. The highest BCUT2D eigenvalue weighted by molar-refractivity contribution is 9.10. The minimum Gasteiger partial charge on any atom is -0.258 e. The highest BCUT2D eigenvalue weighted by Crippen LogP contribution is 2.35. The van der Waals surface area contributed by atoms with Gasteiger partial charge in [0.15, 0.2) is 5.82 Å². The van der Waals surface area contributed by atoms with E-state index in [9.17, 15) is 10.1 Å². The molecule has 0 N–H and O–H groups in total. The van der Waals surface area contributed by atoms with Crippen LogP contribution in [-0.2, 0) is 5.41 Å². The van der Waals surface area contributed by atoms with E-state index in [-0.39, 0.29) is 10.7 Å². The second kappa shape index (κ2) is 7.55. The average molecular weight is 493 g/mol. The monoisotopic (exact) mass is 491 g/mol. The normalized spacial score (nSPS) is 13.7. The molecule has 0 saturated carbocycles. The second-order valence-electron chi connectivity index (χ2n) is 7.01. The van der Waals surface area contributed by atoms with E-state index in [1.54, 1.807) is 10.7 Å². The van der Waals surface area contributed by atoms with E-state index < -0.39 is 10.3 Å². The van der Waals surface area contributed by atoms with E-state index in [1.807, 2.05) is 24.3 Å². The van der Waals surface area contributed by atoms with Crippen molar-refractivity contribution in [2.45, 2.75) is 24.4 Å². The minimum atomic E-state index is -0.491. The number of benzene rings is 2. The molecule has 0 saturated heterocycles. The van der Waals surface area contributed by atoms with E-state index in [0.29, 0.717) is 28.0 Å². The molecule has 1 aromatic heterocycles. The number of nitro groups is 1. The van der Waals surface area contributed by atoms with Gasteiger partial charge in [-0.1, -0.05) is 57.5 Å². The third-order valence-electron chi connectivity index (χ3n) is 4.77. The fraction of sp³-hybridized carbons (Fsp3) is 0.211. The summed E-state index contributed by atoms with van der Waals surface area (Å²) in [5.74, 6) is 1.23. The Hall–Kier alpha value is -2.23. The number of aromatic nitrogens is 3. The van der Waals surface area contributed by atoms with Crippen molar-refractivity contribution in [3.63, 3.8) is 0 Å². The Balaban J connectivity index is 1.78. The first kappa shape index (κ1) is 20.1. The number of rotatable bonds is 4. The number of fused-ring (bicyclic) bond motifs is 1. The zero-order valence-electron chi connectivity index (χ0n) is 15.5. The van der Waals surface area contributed by atoms with Crippen molar-refractivity contribution in [1.82, 2.24) is 14.9 Å². The van der Waals surface area contributed by atoms with Crippen LogP contribution in [0.25, 0.3) is 0 Å². The van der Waals surface area contributed by atoms with Crippen molar-refractivity contribution < 1.29 is 4.92 Å². The lowest BCUT2D eigenvalue weighted by atomic mass is 9.84. The quantitative estimate of drug-likeness (QED) is 0.365. The van der Waals surface area contributed by atoms with Crippen molar-refractivity contribution in [2.75, 3.05) is 5.75 Å². The van der Waals surface area contributed by atoms with Gasteiger partial charge >= 0.3 is 0 Å². The summed E-state index contributed by atoms with van der Waals surface area (Å²) in [5, 5.41) is 25.4. The van der Waals surface area contributed by atoms with Gasteiger partial charge in [-0.2, -0.15) is 9.78 Å². The van der Waals surface area contributed by atoms with Crippen LogP contribution in [0.3, 0.4) is 0 Å². The van der Waals surface area contributed by atoms with Crippen LogP contribution in [0.2, 0.25) is 5.02 Å². The van der Waals surface area contributed by atoms with Gasteiger partial charge in [-0.05, 0) is 37.6 Å². The minimum absolute atomic E-state index is 0.102. The summed E-state index contributed by atoms with van der Waals surface area (Å²) in [6, 6.07) is 12.8. The summed E-state index contributed by atoms with van der Waals surface area (Å²) >= 11 is 10.9. The first-order chi connectivity index (χ1) is 13.8. The predicted octanol–water partition coefficient (Wildman–Crippen LogP) is 5.29. The number of hydrogen-bond donors (Lipinski definition) is 0. The zero-order chi connectivity index (χ0) is 20.8. The van der Waals surface area contributed by atoms with Gasteiger partial charge in [-0.15, -0.1) is 10.2 Å². The fourth-order valence-corrected chi connectivity index (χ4v) is 4.38. The molecule has 0 bridgehead atoms. The Morgan fingerprint density at radius 3 is 2.62 bits per heavy atom. The summed E-state index contributed by atoms with van der Waals surface area (Å²) in [6.07, 6.45) is 0. The summed E-state index contributed by atoms with van der Waals surface area (Å²) in [6.45, 7) is 4.13. The summed E-state index contributed by atoms with van der Waals surface area (Å²) in [4.78, 5) is 10.7. The van der Waals surface area contributed by atoms with Crippen LogP contribution in [0.4, 0.5) is 5.69 Å². The van der Waals surface area contributed by atoms with E-state index in [2.05, 4.69) is 40.0 Å². The van der Waals surface area contributed by atoms with Gasteiger partial charge in [0, 0.05) is 21.9 Å². The molecule has 0 aliphatic carbocycles. The maximum Gasteiger partial charge on any atom is 0.288 e. The van der Waals surface area contributed by atoms with Gasteiger partial charge < -0.3 is 0 Å². The standard InChI is InChI=1S/C19H15BrClN5O2S/c1-19(2,12-4-6-13(20)7-5-12)17-22-23-18-25(17)24-15(10-29-18)11-3-8-14(21)16(9-11)26(27)28/h3-9H,10H2,1-2H3. The molecule has 4 rings (SSSR count). The van der Waals surface area contributed by atoms with Crippen LogP contribution < -0.4 is 0 Å². The summed E-state index contributed by atoms with van der Waals surface area (Å²) in [5.41, 5.74) is 1.85. The molecular formula is C19H15BrClN5O2S. The Kier molecular flexibility index (Phi) is 5.22. The molecule has 3 aromatic rings. The average Bonchev–Trinajstić information content (AvgIpc) is 3.12. The highest BCUT2D eigenvalue weighted by Gasteiger charge is 2.32. The number of hydrogen-bond acceptors (Lipinski definition) is 6. The number of thioether (sulfide) groups is 1. The van der Waals surface area contributed by atoms with Crippen molar-refractivity contribution in [1.29, 1.82) is 0 Å². The Morgan fingerprint density at radius 2 is 1.93 bits per heavy atom. The van der Waals surface area contributed by atoms with Crippen LogP contribution >= 0.6 is 39.3 Å². The molecule has 0 fully saturated rings. The Bertz CT molecular complexity index is 1140. The molecule has 0 unspecified atom stereocenters. The molecule has 1 aliphatic heterocycles. The molecule has 2 heterocycles. The van der Waals surface area contributed by atoms with Crippen molar-refractivity contribution in [3.05, 3.63) is 79.0 Å². The van der Waals surface area contributed by atoms with Crippen LogP contribution in [0.1, 0.15) is 30.8 Å². The van der Waals surface area contributed by atoms with Crippen LogP contribution in [0.15, 0.2) is 57.2 Å². The molecule has 0 radical (unpaired) electrons. The fourth-order valence-electron chi connectivity index (χ4n) is 3.09. The highest BCUT2D eigenvalue weighted by atomic mass is 79.9. The van der Waals surface area contributed by atoms with Crippen LogP contribution in [-0.4, -0.2) is 31.3 Å². The molecule has 7 nitrogen and oxygen atoms in total. The van der Waals surface area contributed by atoms with E-state index >= 15 is 0 Å². The SMILES string of the molecule is CC(C)(c1ccc(Br)cc1)c1nnc2n1N=C(c1ccc(Cl)c([N+](=O)[O-])c1)CS2. The lowest BCUT2D eigenvalue weighted by Gasteiger charge is -2.25. The van der Waals surface area contributed by atoms with Gasteiger partial charge in [0.25, 0.3) is 5.69 Å². The Morgan fingerprint density at radius 1 is 1.21 bits per heavy atom. The van der Waals surface area contributed by atoms with Gasteiger partial charge in [0.05, 0.1) is 16.0 Å². The molecule has 0 atom stereocenters. The van der Waals surface area contributed by atoms with E-state index in [1.165, 1.54) is 23.9 Å². The zero-order valence-corrected chi connectivity index (χ0v) is 18.6. The largest absolute Gasteiger partial charge is 0.288 e. The van der Waals surface area contributed by atoms with Gasteiger partial charge in [0.1, 0.15) is 5.02 Å². The van der Waals surface area contributed by atoms with Gasteiger partial charge in [0.2, 0.25) is 5.16 Å². The number of nitrogens with zero attached hydrogens (tertiary/aromatic N) is 5. The molecule has 0 spiro atoms. The van der Waals surface area contributed by atoms with Crippen LogP contribution in [0.5, 0.6) is 0 Å². The molecule has 0 amide bonds. The van der Waals surface area contributed by atoms with Crippen molar-refractivity contribution in [2.24, 2.45) is 5.10 Å². The third-order valence-corrected chi connectivity index (χ3v) is 6.55. The molecular weight excluding hydrogens is 478 g/mol. The molecule has 10 heteroatoms. The van der Waals surface area contributed by atoms with Crippen molar-refractivity contribution >= 4 is 50.7 Å². The van der Waals surface area contributed by atoms with Gasteiger partial charge in [-0.25, -0.2) is 0 Å². The molecule has 148 valence electrons. The second-order valence-corrected chi connectivity index (χ2v) is 9.27. The molecule has 29 heavy (non-hydrogen) atoms. The summed E-state index contributed by atoms with van der Waals surface area (Å²) < 4.78 is 2.73. The number of nitro benzene ring substituents is 1. The molecule has 2 aromatic carbocycles. The third kappa shape index (κ3) is 3.70. The smallest absolute Gasteiger partial charge is 0.258 e. The first-order valence-electron chi connectivity index (χ1n) is 8.64. The lowest BCUT2D eigenvalue weighted by Crippen LogP contribution is -2.25. The Labute approximate surface area is 184 Å². The predicted molar refractivity (Wildman–Crippen MR) is 117 cm³/mol. The topological polar surface area (TPSA) is 86.2 Å². The van der Waals surface area contributed by atoms with Crippen molar-refractivity contribution in [3.8, 4) is 0 Å². The van der Waals surface area contributed by atoms with E-state index in [4.69, 9.17) is 16.7 Å². The summed E-state index contributed by atoms with van der Waals surface area (Å²) in [7, 11) is 0. The van der Waals surface area contributed by atoms with Crippen LogP contribution in [0, 0.1) is 10.1 Å². The van der Waals surface area contributed by atoms with E-state index in [0.717, 1.165) is 10.0 Å². The maximum absolute atomic E-state index is 11.2. The lowest BCUT2D eigenvalue weighted by molar-refractivity contribution is -0.384. The van der Waals surface area contributed by atoms with Gasteiger partial charge in [-0.3, -0.25) is 10.1 Å². The maximum atomic E-state index is 11.2. The first-order valence-corrected chi connectivity index (χ1v) is 10.8. The molecule has 1 aliphatic rings.